The number of H-pyrrole nitrogens is 1. The topological polar surface area (TPSA) is 83.2 Å². The Balaban J connectivity index is 1.61. The highest BCUT2D eigenvalue weighted by Gasteiger charge is 2.12. The molecule has 1 saturated heterocycles. The molecule has 1 aliphatic rings. The highest BCUT2D eigenvalue weighted by atomic mass is 16.5. The molecule has 1 fully saturated rings. The fourth-order valence-electron chi connectivity index (χ4n) is 2.17. The minimum atomic E-state index is -0.271. The van der Waals surface area contributed by atoms with Crippen LogP contribution < -0.4 is 16.2 Å². The van der Waals surface area contributed by atoms with E-state index in [-0.39, 0.29) is 11.5 Å². The predicted molar refractivity (Wildman–Crippen MR) is 75.9 cm³/mol. The maximum absolute atomic E-state index is 11.7. The van der Waals surface area contributed by atoms with Gasteiger partial charge in [-0.25, -0.2) is 0 Å². The van der Waals surface area contributed by atoms with E-state index in [1.807, 2.05) is 0 Å². The minimum Gasteiger partial charge on any atom is -0.378 e. The molecule has 6 heteroatoms. The molecule has 0 spiro atoms. The molecule has 1 aromatic rings. The summed E-state index contributed by atoms with van der Waals surface area (Å²) in [4.78, 5) is 25.3. The van der Waals surface area contributed by atoms with Crippen LogP contribution in [0.1, 0.15) is 29.6 Å². The van der Waals surface area contributed by atoms with Crippen molar-refractivity contribution in [3.8, 4) is 0 Å². The molecular weight excluding hydrogens is 258 g/mol. The predicted octanol–water partition coefficient (Wildman–Crippen LogP) is 0.263. The zero-order chi connectivity index (χ0) is 14.2. The number of hydrogen-bond donors (Lipinski definition) is 3. The fraction of sp³-hybridized carbons (Fsp3) is 0.571. The molecule has 6 nitrogen and oxygen atoms in total. The van der Waals surface area contributed by atoms with Gasteiger partial charge >= 0.3 is 0 Å². The first kappa shape index (κ1) is 14.7. The first-order chi connectivity index (χ1) is 9.75. The molecule has 20 heavy (non-hydrogen) atoms. The second-order valence-corrected chi connectivity index (χ2v) is 4.87. The molecule has 1 aliphatic heterocycles. The van der Waals surface area contributed by atoms with Crippen LogP contribution in [-0.4, -0.2) is 43.2 Å². The number of aromatic amines is 1. The van der Waals surface area contributed by atoms with E-state index in [0.717, 1.165) is 32.4 Å². The molecular formula is C14H21N3O3. The molecule has 0 radical (unpaired) electrons. The van der Waals surface area contributed by atoms with Gasteiger partial charge in [0.25, 0.3) is 5.91 Å². The summed E-state index contributed by atoms with van der Waals surface area (Å²) in [6, 6.07) is 2.88. The van der Waals surface area contributed by atoms with Gasteiger partial charge < -0.3 is 20.4 Å². The largest absolute Gasteiger partial charge is 0.378 e. The van der Waals surface area contributed by atoms with Crippen molar-refractivity contribution in [1.82, 2.24) is 15.6 Å². The molecule has 0 saturated carbocycles. The van der Waals surface area contributed by atoms with E-state index in [0.29, 0.717) is 24.8 Å². The third kappa shape index (κ3) is 4.79. The maximum Gasteiger partial charge on any atom is 0.251 e. The number of carbonyl (C=O) groups is 1. The molecule has 0 unspecified atom stereocenters. The van der Waals surface area contributed by atoms with Gasteiger partial charge in [0.2, 0.25) is 5.56 Å². The molecule has 2 heterocycles. The third-order valence-corrected chi connectivity index (χ3v) is 3.28. The Morgan fingerprint density at radius 3 is 2.95 bits per heavy atom. The Bertz CT molecular complexity index is 481. The summed E-state index contributed by atoms with van der Waals surface area (Å²) < 4.78 is 5.74. The van der Waals surface area contributed by atoms with Gasteiger partial charge in [0.1, 0.15) is 0 Å². The smallest absolute Gasteiger partial charge is 0.251 e. The second kappa shape index (κ2) is 7.81. The number of pyridine rings is 1. The van der Waals surface area contributed by atoms with Crippen molar-refractivity contribution >= 4 is 5.91 Å². The molecule has 0 atom stereocenters. The standard InChI is InChI=1S/C14H21N3O3/c18-13-10-11(2-8-16-13)14(19)17-5-1-9-20-12-3-6-15-7-4-12/h2,8,10,12,15H,1,3-7,9H2,(H,16,18)(H,17,19). The second-order valence-electron chi connectivity index (χ2n) is 4.87. The summed E-state index contributed by atoms with van der Waals surface area (Å²) in [5, 5.41) is 6.07. The highest BCUT2D eigenvalue weighted by molar-refractivity contribution is 5.93. The van der Waals surface area contributed by atoms with Crippen molar-refractivity contribution in [2.75, 3.05) is 26.2 Å². The normalized spacial score (nSPS) is 16.0. The zero-order valence-electron chi connectivity index (χ0n) is 11.5. The average molecular weight is 279 g/mol. The van der Waals surface area contributed by atoms with Crippen molar-refractivity contribution in [2.24, 2.45) is 0 Å². The van der Waals surface area contributed by atoms with Crippen molar-refractivity contribution in [2.45, 2.75) is 25.4 Å². The minimum absolute atomic E-state index is 0.224. The van der Waals surface area contributed by atoms with E-state index in [1.165, 1.54) is 12.3 Å². The number of hydrogen-bond acceptors (Lipinski definition) is 4. The van der Waals surface area contributed by atoms with Crippen LogP contribution in [0.4, 0.5) is 0 Å². The van der Waals surface area contributed by atoms with Crippen LogP contribution in [0.15, 0.2) is 23.1 Å². The Kier molecular flexibility index (Phi) is 5.76. The molecule has 110 valence electrons. The van der Waals surface area contributed by atoms with Gasteiger partial charge in [-0.1, -0.05) is 0 Å². The number of carbonyl (C=O) groups excluding carboxylic acids is 1. The van der Waals surface area contributed by atoms with Crippen molar-refractivity contribution < 1.29 is 9.53 Å². The van der Waals surface area contributed by atoms with Crippen molar-refractivity contribution in [3.63, 3.8) is 0 Å². The Morgan fingerprint density at radius 2 is 2.20 bits per heavy atom. The first-order valence-electron chi connectivity index (χ1n) is 7.05. The van der Waals surface area contributed by atoms with Crippen LogP contribution in [0.25, 0.3) is 0 Å². The van der Waals surface area contributed by atoms with Gasteiger partial charge in [0.15, 0.2) is 0 Å². The number of amides is 1. The maximum atomic E-state index is 11.7. The van der Waals surface area contributed by atoms with Crippen LogP contribution in [0, 0.1) is 0 Å². The van der Waals surface area contributed by atoms with Gasteiger partial charge in [-0.05, 0) is 38.4 Å². The van der Waals surface area contributed by atoms with E-state index in [9.17, 15) is 9.59 Å². The number of aromatic nitrogens is 1. The monoisotopic (exact) mass is 279 g/mol. The summed E-state index contributed by atoms with van der Waals surface area (Å²) in [5.74, 6) is -0.224. The molecule has 2 rings (SSSR count). The highest BCUT2D eigenvalue weighted by Crippen LogP contribution is 2.07. The lowest BCUT2D eigenvalue weighted by molar-refractivity contribution is 0.0318. The van der Waals surface area contributed by atoms with E-state index >= 15 is 0 Å². The van der Waals surface area contributed by atoms with Crippen molar-refractivity contribution in [1.29, 1.82) is 0 Å². The molecule has 0 aliphatic carbocycles. The lowest BCUT2D eigenvalue weighted by atomic mass is 10.1. The SMILES string of the molecule is O=C(NCCCOC1CCNCC1)c1cc[nH]c(=O)c1. The first-order valence-corrected chi connectivity index (χ1v) is 7.05. The zero-order valence-corrected chi connectivity index (χ0v) is 11.5. The number of piperidine rings is 1. The quantitative estimate of drug-likeness (QED) is 0.652. The summed E-state index contributed by atoms with van der Waals surface area (Å²) in [6.07, 6.45) is 4.70. The fourth-order valence-corrected chi connectivity index (χ4v) is 2.17. The average Bonchev–Trinajstić information content (AvgIpc) is 2.48. The lowest BCUT2D eigenvalue weighted by Gasteiger charge is -2.22. The van der Waals surface area contributed by atoms with E-state index in [2.05, 4.69) is 15.6 Å². The van der Waals surface area contributed by atoms with Gasteiger partial charge in [0.05, 0.1) is 6.10 Å². The molecule has 0 aromatic carbocycles. The van der Waals surface area contributed by atoms with E-state index in [1.54, 1.807) is 6.07 Å². The Labute approximate surface area is 117 Å². The van der Waals surface area contributed by atoms with Crippen LogP contribution in [0.5, 0.6) is 0 Å². The van der Waals surface area contributed by atoms with E-state index in [4.69, 9.17) is 4.74 Å². The van der Waals surface area contributed by atoms with E-state index < -0.39 is 0 Å². The summed E-state index contributed by atoms with van der Waals surface area (Å²) >= 11 is 0. The van der Waals surface area contributed by atoms with Gasteiger partial charge in [-0.15, -0.1) is 0 Å². The molecule has 1 aromatic heterocycles. The van der Waals surface area contributed by atoms with Crippen LogP contribution in [0.2, 0.25) is 0 Å². The van der Waals surface area contributed by atoms with Crippen LogP contribution >= 0.6 is 0 Å². The number of ether oxygens (including phenoxy) is 1. The van der Waals surface area contributed by atoms with Crippen molar-refractivity contribution in [3.05, 3.63) is 34.2 Å². The lowest BCUT2D eigenvalue weighted by Crippen LogP contribution is -2.33. The Hall–Kier alpha value is -1.66. The van der Waals surface area contributed by atoms with Gasteiger partial charge in [-0.2, -0.15) is 0 Å². The third-order valence-electron chi connectivity index (χ3n) is 3.28. The summed E-state index contributed by atoms with van der Waals surface area (Å²) in [5.41, 5.74) is 0.111. The molecule has 1 amide bonds. The van der Waals surface area contributed by atoms with Gasteiger partial charge in [-0.3, -0.25) is 9.59 Å². The summed E-state index contributed by atoms with van der Waals surface area (Å²) in [7, 11) is 0. The van der Waals surface area contributed by atoms with Crippen LogP contribution in [0.3, 0.4) is 0 Å². The summed E-state index contributed by atoms with van der Waals surface area (Å²) in [6.45, 7) is 3.24. The van der Waals surface area contributed by atoms with Crippen LogP contribution in [-0.2, 0) is 4.74 Å². The number of nitrogens with one attached hydrogen (secondary N) is 3. The molecule has 0 bridgehead atoms. The molecule has 3 N–H and O–H groups in total. The number of rotatable bonds is 6. The Morgan fingerprint density at radius 1 is 1.40 bits per heavy atom. The van der Waals surface area contributed by atoms with Gasteiger partial charge in [0, 0.05) is 31.0 Å².